The lowest BCUT2D eigenvalue weighted by molar-refractivity contribution is 0.221. The molecule has 6 bridgehead atoms. The second-order valence-electron chi connectivity index (χ2n) is 12.6. The van der Waals surface area contributed by atoms with E-state index in [0.29, 0.717) is 52.8 Å². The maximum Gasteiger partial charge on any atom is 0.201 e. The lowest BCUT2D eigenvalue weighted by atomic mass is 9.73. The molecule has 4 aliphatic rings. The molecule has 4 aromatic rings. The number of rotatable bonds is 3. The highest BCUT2D eigenvalue weighted by atomic mass is 16.5. The number of ether oxygens (including phenoxy) is 5. The Morgan fingerprint density at radius 1 is 0.756 bits per heavy atom. The Morgan fingerprint density at radius 3 is 2.22 bits per heavy atom. The lowest BCUT2D eigenvalue weighted by Crippen LogP contribution is -2.34. The van der Waals surface area contributed by atoms with E-state index in [1.54, 1.807) is 21.3 Å². The van der Waals surface area contributed by atoms with Gasteiger partial charge in [-0.2, -0.15) is 0 Å². The summed E-state index contributed by atoms with van der Waals surface area (Å²) >= 11 is 0. The molecule has 1 aliphatic carbocycles. The molecule has 3 aliphatic heterocycles. The van der Waals surface area contributed by atoms with Crippen molar-refractivity contribution in [1.29, 1.82) is 0 Å². The average molecular weight is 608 g/mol. The minimum Gasteiger partial charge on any atom is -0.502 e. The van der Waals surface area contributed by atoms with Crippen molar-refractivity contribution >= 4 is 0 Å². The molecule has 0 aromatic heterocycles. The first-order valence-electron chi connectivity index (χ1n) is 15.8. The number of phenols is 1. The summed E-state index contributed by atoms with van der Waals surface area (Å²) in [5.41, 5.74) is 6.95. The largest absolute Gasteiger partial charge is 0.502 e. The number of aryl methyl sites for hydroxylation is 1. The maximum atomic E-state index is 11.7. The fourth-order valence-electron chi connectivity index (χ4n) is 7.41. The summed E-state index contributed by atoms with van der Waals surface area (Å²) in [6, 6.07) is 20.7. The third-order valence-electron chi connectivity index (χ3n) is 10.0. The van der Waals surface area contributed by atoms with Crippen LogP contribution in [0.15, 0.2) is 60.7 Å². The zero-order chi connectivity index (χ0) is 31.2. The van der Waals surface area contributed by atoms with Gasteiger partial charge in [-0.25, -0.2) is 0 Å². The van der Waals surface area contributed by atoms with Gasteiger partial charge in [0.2, 0.25) is 5.75 Å². The summed E-state index contributed by atoms with van der Waals surface area (Å²) in [5, 5.41) is 11.7. The average Bonchev–Trinajstić information content (AvgIpc) is 3.05. The van der Waals surface area contributed by atoms with E-state index in [-0.39, 0.29) is 11.8 Å². The van der Waals surface area contributed by atoms with Crippen molar-refractivity contribution in [2.45, 2.75) is 51.0 Å². The number of hydrogen-bond donors (Lipinski definition) is 1. The fourth-order valence-corrected chi connectivity index (χ4v) is 7.41. The van der Waals surface area contributed by atoms with Gasteiger partial charge in [-0.05, 0) is 121 Å². The number of nitrogens with zero attached hydrogens (tertiary/aromatic N) is 1. The molecule has 3 atom stereocenters. The number of benzene rings is 4. The standard InChI is InChI=1S/C38H41NO6/c1-22-6-10-25-19-32(42-4)34-21-29(25)28(22)16-23-7-11-27(12-8-23)44-33-18-24(9-13-31(33)41-3)17-30-36-26(14-15-39(30)2)20-35(43-5)37(40)38(36)45-34/h7-9,11-13,18-22,28,30,40H,6,10,14-17H2,1-5H3/t22?,28-,30+/m1/s1. The molecule has 0 radical (unpaired) electrons. The predicted molar refractivity (Wildman–Crippen MR) is 174 cm³/mol. The van der Waals surface area contributed by atoms with Crippen molar-refractivity contribution in [3.63, 3.8) is 0 Å². The zero-order valence-corrected chi connectivity index (χ0v) is 26.7. The summed E-state index contributed by atoms with van der Waals surface area (Å²) in [6.07, 6.45) is 4.47. The third-order valence-corrected chi connectivity index (χ3v) is 10.0. The van der Waals surface area contributed by atoms with Gasteiger partial charge in [0, 0.05) is 18.2 Å². The third kappa shape index (κ3) is 5.33. The monoisotopic (exact) mass is 607 g/mol. The molecule has 45 heavy (non-hydrogen) atoms. The fraction of sp³-hybridized carbons (Fsp3) is 0.368. The number of hydrogen-bond acceptors (Lipinski definition) is 7. The van der Waals surface area contributed by atoms with Crippen LogP contribution in [0.2, 0.25) is 0 Å². The van der Waals surface area contributed by atoms with Crippen molar-refractivity contribution in [2.24, 2.45) is 5.92 Å². The van der Waals surface area contributed by atoms with E-state index < -0.39 is 0 Å². The first-order valence-corrected chi connectivity index (χ1v) is 15.8. The molecular weight excluding hydrogens is 566 g/mol. The Balaban J connectivity index is 1.45. The number of methoxy groups -OCH3 is 3. The molecule has 0 spiro atoms. The van der Waals surface area contributed by atoms with Gasteiger partial charge in [-0.15, -0.1) is 0 Å². The smallest absolute Gasteiger partial charge is 0.201 e. The summed E-state index contributed by atoms with van der Waals surface area (Å²) in [6.45, 7) is 3.20. The minimum atomic E-state index is -0.0728. The zero-order valence-electron chi connectivity index (χ0n) is 26.7. The van der Waals surface area contributed by atoms with E-state index in [2.05, 4.69) is 67.4 Å². The second-order valence-corrected chi connectivity index (χ2v) is 12.6. The van der Waals surface area contributed by atoms with Gasteiger partial charge in [0.25, 0.3) is 0 Å². The molecule has 234 valence electrons. The van der Waals surface area contributed by atoms with Gasteiger partial charge < -0.3 is 28.8 Å². The molecule has 0 saturated heterocycles. The van der Waals surface area contributed by atoms with Crippen molar-refractivity contribution in [1.82, 2.24) is 4.90 Å². The van der Waals surface area contributed by atoms with Crippen LogP contribution >= 0.6 is 0 Å². The summed E-state index contributed by atoms with van der Waals surface area (Å²) in [5.74, 6) is 4.98. The molecule has 0 fully saturated rings. The van der Waals surface area contributed by atoms with E-state index >= 15 is 0 Å². The van der Waals surface area contributed by atoms with Crippen molar-refractivity contribution in [3.05, 3.63) is 94.0 Å². The Hall–Kier alpha value is -4.36. The Morgan fingerprint density at radius 2 is 1.47 bits per heavy atom. The summed E-state index contributed by atoms with van der Waals surface area (Å²) in [7, 11) is 7.05. The van der Waals surface area contributed by atoms with E-state index in [1.807, 2.05) is 12.1 Å². The van der Waals surface area contributed by atoms with Crippen molar-refractivity contribution in [2.75, 3.05) is 34.9 Å². The second kappa shape index (κ2) is 11.9. The van der Waals surface area contributed by atoms with Crippen LogP contribution in [0.4, 0.5) is 0 Å². The van der Waals surface area contributed by atoms with Gasteiger partial charge in [0.1, 0.15) is 5.75 Å². The van der Waals surface area contributed by atoms with Crippen LogP contribution < -0.4 is 23.7 Å². The number of likely N-dealkylation sites (N-methyl/N-ethyl adjacent to an activating group) is 1. The summed E-state index contributed by atoms with van der Waals surface area (Å²) in [4.78, 5) is 2.32. The van der Waals surface area contributed by atoms with Crippen LogP contribution in [0, 0.1) is 5.92 Å². The molecule has 3 heterocycles. The number of aromatic hydroxyl groups is 1. The first kappa shape index (κ1) is 29.4. The Bertz CT molecular complexity index is 1730. The van der Waals surface area contributed by atoms with Crippen LogP contribution in [-0.4, -0.2) is 44.9 Å². The van der Waals surface area contributed by atoms with Crippen LogP contribution in [0.25, 0.3) is 0 Å². The van der Waals surface area contributed by atoms with E-state index in [9.17, 15) is 5.11 Å². The highest BCUT2D eigenvalue weighted by molar-refractivity contribution is 5.63. The molecule has 0 saturated carbocycles. The lowest BCUT2D eigenvalue weighted by Gasteiger charge is -2.37. The molecule has 1 unspecified atom stereocenters. The van der Waals surface area contributed by atoms with Crippen LogP contribution in [0.1, 0.15) is 58.7 Å². The summed E-state index contributed by atoms with van der Waals surface area (Å²) < 4.78 is 30.5. The highest BCUT2D eigenvalue weighted by Gasteiger charge is 2.34. The van der Waals surface area contributed by atoms with Gasteiger partial charge in [0.15, 0.2) is 34.5 Å². The van der Waals surface area contributed by atoms with Crippen LogP contribution in [0.3, 0.4) is 0 Å². The Labute approximate surface area is 265 Å². The SMILES string of the molecule is COc1ccc2cc1Oc1ccc(cc1)C[C@H]1c3cc(c(OC)cc3CCC1C)Oc1c(O)c(OC)cc3c1[C@H](C2)N(C)CC3. The highest BCUT2D eigenvalue weighted by Crippen LogP contribution is 2.52. The molecule has 8 rings (SSSR count). The van der Waals surface area contributed by atoms with Gasteiger partial charge in [-0.3, -0.25) is 4.90 Å². The molecule has 7 nitrogen and oxygen atoms in total. The van der Waals surface area contributed by atoms with Gasteiger partial charge in [-0.1, -0.05) is 25.1 Å². The molecule has 4 aromatic carbocycles. The molecule has 7 heteroatoms. The Kier molecular flexibility index (Phi) is 7.74. The van der Waals surface area contributed by atoms with Crippen molar-refractivity contribution < 1.29 is 28.8 Å². The van der Waals surface area contributed by atoms with Crippen molar-refractivity contribution in [3.8, 4) is 46.0 Å². The topological polar surface area (TPSA) is 69.6 Å². The predicted octanol–water partition coefficient (Wildman–Crippen LogP) is 8.00. The molecular formula is C38H41NO6. The van der Waals surface area contributed by atoms with E-state index in [1.165, 1.54) is 16.7 Å². The van der Waals surface area contributed by atoms with Gasteiger partial charge in [0.05, 0.1) is 21.3 Å². The minimum absolute atomic E-state index is 0.00561. The maximum absolute atomic E-state index is 11.7. The normalized spacial score (nSPS) is 20.6. The molecule has 0 amide bonds. The number of phenolic OH excluding ortho intramolecular Hbond substituents is 1. The van der Waals surface area contributed by atoms with Gasteiger partial charge >= 0.3 is 0 Å². The number of fused-ring (bicyclic) bond motifs is 2. The molecule has 1 N–H and O–H groups in total. The van der Waals surface area contributed by atoms with Crippen LogP contribution in [0.5, 0.6) is 46.0 Å². The quantitative estimate of drug-likeness (QED) is 0.253. The van der Waals surface area contributed by atoms with E-state index in [4.69, 9.17) is 23.7 Å². The van der Waals surface area contributed by atoms with Crippen LogP contribution in [-0.2, 0) is 25.7 Å². The first-order chi connectivity index (χ1) is 21.9. The van der Waals surface area contributed by atoms with E-state index in [0.717, 1.165) is 54.7 Å².